The SMILES string of the molecule is Cc1cc(C(=O)N2CCC(C)CC2)c2c(C)nn(-c3ccccc3Cl)c2n1. The summed E-state index contributed by atoms with van der Waals surface area (Å²) in [4.78, 5) is 19.9. The molecule has 0 spiro atoms. The van der Waals surface area contributed by atoms with E-state index in [1.165, 1.54) is 0 Å². The van der Waals surface area contributed by atoms with Gasteiger partial charge in [0.05, 0.1) is 27.4 Å². The summed E-state index contributed by atoms with van der Waals surface area (Å²) in [7, 11) is 0. The number of pyridine rings is 1. The number of piperidine rings is 1. The molecule has 27 heavy (non-hydrogen) atoms. The van der Waals surface area contributed by atoms with Gasteiger partial charge in [-0.25, -0.2) is 9.67 Å². The highest BCUT2D eigenvalue weighted by Gasteiger charge is 2.26. The van der Waals surface area contributed by atoms with Crippen LogP contribution in [0.5, 0.6) is 0 Å². The molecule has 1 amide bonds. The predicted octanol–water partition coefficient (Wildman–Crippen LogP) is 4.56. The van der Waals surface area contributed by atoms with Gasteiger partial charge in [-0.1, -0.05) is 30.7 Å². The average molecular weight is 383 g/mol. The van der Waals surface area contributed by atoms with Gasteiger partial charge in [0.25, 0.3) is 5.91 Å². The van der Waals surface area contributed by atoms with Gasteiger partial charge >= 0.3 is 0 Å². The van der Waals surface area contributed by atoms with Gasteiger partial charge in [-0.05, 0) is 50.8 Å². The highest BCUT2D eigenvalue weighted by atomic mass is 35.5. The lowest BCUT2D eigenvalue weighted by atomic mass is 9.98. The van der Waals surface area contributed by atoms with Crippen LogP contribution in [0.1, 0.15) is 41.5 Å². The maximum absolute atomic E-state index is 13.3. The van der Waals surface area contributed by atoms with Crippen molar-refractivity contribution >= 4 is 28.5 Å². The van der Waals surface area contributed by atoms with E-state index in [-0.39, 0.29) is 5.91 Å². The number of amides is 1. The Hall–Kier alpha value is -2.40. The summed E-state index contributed by atoms with van der Waals surface area (Å²) in [5, 5.41) is 6.07. The topological polar surface area (TPSA) is 51.0 Å². The first kappa shape index (κ1) is 18.0. The predicted molar refractivity (Wildman–Crippen MR) is 108 cm³/mol. The molecule has 2 aromatic heterocycles. The van der Waals surface area contributed by atoms with Crippen molar-refractivity contribution in [3.8, 4) is 5.69 Å². The van der Waals surface area contributed by atoms with Gasteiger partial charge in [0.1, 0.15) is 0 Å². The van der Waals surface area contributed by atoms with E-state index in [2.05, 4.69) is 17.0 Å². The molecule has 5 nitrogen and oxygen atoms in total. The number of fused-ring (bicyclic) bond motifs is 1. The number of rotatable bonds is 2. The minimum absolute atomic E-state index is 0.0687. The number of hydrogen-bond donors (Lipinski definition) is 0. The lowest BCUT2D eigenvalue weighted by Gasteiger charge is -2.30. The Morgan fingerprint density at radius 1 is 1.19 bits per heavy atom. The molecule has 0 radical (unpaired) electrons. The van der Waals surface area contributed by atoms with E-state index in [1.807, 2.05) is 49.1 Å². The fourth-order valence-electron chi connectivity index (χ4n) is 3.76. The van der Waals surface area contributed by atoms with Crippen LogP contribution in [0.4, 0.5) is 0 Å². The Bertz CT molecular complexity index is 1020. The maximum atomic E-state index is 13.3. The minimum atomic E-state index is 0.0687. The van der Waals surface area contributed by atoms with Crippen LogP contribution in [0.2, 0.25) is 5.02 Å². The van der Waals surface area contributed by atoms with Crippen LogP contribution in [-0.2, 0) is 0 Å². The second kappa shape index (κ2) is 6.97. The Morgan fingerprint density at radius 3 is 2.59 bits per heavy atom. The molecule has 140 valence electrons. The fourth-order valence-corrected chi connectivity index (χ4v) is 3.97. The average Bonchev–Trinajstić information content (AvgIpc) is 2.98. The zero-order valence-electron chi connectivity index (χ0n) is 15.9. The van der Waals surface area contributed by atoms with E-state index in [0.29, 0.717) is 22.2 Å². The zero-order valence-corrected chi connectivity index (χ0v) is 16.6. The van der Waals surface area contributed by atoms with Crippen molar-refractivity contribution in [2.24, 2.45) is 5.92 Å². The second-order valence-corrected chi connectivity index (χ2v) is 7.84. The number of para-hydroxylation sites is 1. The molecule has 0 N–H and O–H groups in total. The van der Waals surface area contributed by atoms with Crippen molar-refractivity contribution < 1.29 is 4.79 Å². The van der Waals surface area contributed by atoms with Gasteiger partial charge in [-0.2, -0.15) is 5.10 Å². The number of halogens is 1. The summed E-state index contributed by atoms with van der Waals surface area (Å²) in [6, 6.07) is 9.42. The summed E-state index contributed by atoms with van der Waals surface area (Å²) in [6.07, 6.45) is 2.10. The van der Waals surface area contributed by atoms with E-state index in [1.54, 1.807) is 4.68 Å². The van der Waals surface area contributed by atoms with Crippen LogP contribution in [0.15, 0.2) is 30.3 Å². The lowest BCUT2D eigenvalue weighted by molar-refractivity contribution is 0.0699. The highest BCUT2D eigenvalue weighted by Crippen LogP contribution is 2.29. The fraction of sp³-hybridized carbons (Fsp3) is 0.381. The lowest BCUT2D eigenvalue weighted by Crippen LogP contribution is -2.38. The first-order valence-corrected chi connectivity index (χ1v) is 9.74. The molecule has 0 aliphatic carbocycles. The molecular formula is C21H23ClN4O. The van der Waals surface area contributed by atoms with Crippen molar-refractivity contribution in [2.45, 2.75) is 33.6 Å². The number of aryl methyl sites for hydroxylation is 2. The smallest absolute Gasteiger partial charge is 0.254 e. The van der Waals surface area contributed by atoms with Gasteiger partial charge in [-0.3, -0.25) is 4.79 Å². The molecule has 3 aromatic rings. The molecule has 1 fully saturated rings. The zero-order chi connectivity index (χ0) is 19.1. The monoisotopic (exact) mass is 382 g/mol. The number of hydrogen-bond acceptors (Lipinski definition) is 3. The molecule has 1 aliphatic heterocycles. The van der Waals surface area contributed by atoms with Crippen LogP contribution in [0, 0.1) is 19.8 Å². The summed E-state index contributed by atoms with van der Waals surface area (Å²) in [5.74, 6) is 0.747. The minimum Gasteiger partial charge on any atom is -0.339 e. The summed E-state index contributed by atoms with van der Waals surface area (Å²) < 4.78 is 1.75. The summed E-state index contributed by atoms with van der Waals surface area (Å²) in [5.41, 5.74) is 3.70. The molecule has 6 heteroatoms. The number of likely N-dealkylation sites (tertiary alicyclic amines) is 1. The number of carbonyl (C=O) groups is 1. The summed E-state index contributed by atoms with van der Waals surface area (Å²) >= 11 is 6.38. The standard InChI is InChI=1S/C21H23ClN4O/c1-13-8-10-25(11-9-13)21(27)16-12-14(2)23-20-19(16)15(3)24-26(20)18-7-5-4-6-17(18)22/h4-7,12-13H,8-11H2,1-3H3. The van der Waals surface area contributed by atoms with Crippen LogP contribution < -0.4 is 0 Å². The Balaban J connectivity index is 1.86. The van der Waals surface area contributed by atoms with Gasteiger partial charge in [0.2, 0.25) is 0 Å². The Kier molecular flexibility index (Phi) is 4.64. The third kappa shape index (κ3) is 3.21. The molecule has 1 saturated heterocycles. The van der Waals surface area contributed by atoms with Crippen molar-refractivity contribution in [1.82, 2.24) is 19.7 Å². The van der Waals surface area contributed by atoms with Crippen molar-refractivity contribution in [2.75, 3.05) is 13.1 Å². The third-order valence-corrected chi connectivity index (χ3v) is 5.64. The van der Waals surface area contributed by atoms with Gasteiger partial charge in [-0.15, -0.1) is 0 Å². The van der Waals surface area contributed by atoms with E-state index >= 15 is 0 Å². The van der Waals surface area contributed by atoms with E-state index in [0.717, 1.165) is 48.4 Å². The largest absolute Gasteiger partial charge is 0.339 e. The van der Waals surface area contributed by atoms with Crippen molar-refractivity contribution in [3.63, 3.8) is 0 Å². The number of nitrogens with zero attached hydrogens (tertiary/aromatic N) is 4. The summed E-state index contributed by atoms with van der Waals surface area (Å²) in [6.45, 7) is 7.69. The number of aromatic nitrogens is 3. The molecule has 1 aromatic carbocycles. The first-order valence-electron chi connectivity index (χ1n) is 9.37. The van der Waals surface area contributed by atoms with Gasteiger partial charge in [0.15, 0.2) is 5.65 Å². The molecule has 0 unspecified atom stereocenters. The first-order chi connectivity index (χ1) is 13.0. The van der Waals surface area contributed by atoms with E-state index in [4.69, 9.17) is 11.6 Å². The molecule has 1 aliphatic rings. The molecule has 4 rings (SSSR count). The number of benzene rings is 1. The van der Waals surface area contributed by atoms with Crippen molar-refractivity contribution in [1.29, 1.82) is 0 Å². The normalized spacial score (nSPS) is 15.5. The van der Waals surface area contributed by atoms with Crippen LogP contribution in [-0.4, -0.2) is 38.7 Å². The van der Waals surface area contributed by atoms with Crippen molar-refractivity contribution in [3.05, 3.63) is 52.3 Å². The quantitative estimate of drug-likeness (QED) is 0.652. The maximum Gasteiger partial charge on any atom is 0.254 e. The van der Waals surface area contributed by atoms with Gasteiger partial charge in [0, 0.05) is 18.8 Å². The van der Waals surface area contributed by atoms with Gasteiger partial charge < -0.3 is 4.90 Å². The number of carbonyl (C=O) groups excluding carboxylic acids is 1. The van der Waals surface area contributed by atoms with E-state index in [9.17, 15) is 4.79 Å². The third-order valence-electron chi connectivity index (χ3n) is 5.32. The van der Waals surface area contributed by atoms with Crippen LogP contribution >= 0.6 is 11.6 Å². The molecular weight excluding hydrogens is 360 g/mol. The highest BCUT2D eigenvalue weighted by molar-refractivity contribution is 6.32. The van der Waals surface area contributed by atoms with Crippen LogP contribution in [0.3, 0.4) is 0 Å². The second-order valence-electron chi connectivity index (χ2n) is 7.43. The Labute approximate surface area is 164 Å². The van der Waals surface area contributed by atoms with Crippen LogP contribution in [0.25, 0.3) is 16.7 Å². The molecule has 0 saturated carbocycles. The van der Waals surface area contributed by atoms with E-state index < -0.39 is 0 Å². The Morgan fingerprint density at radius 2 is 1.89 bits per heavy atom. The molecule has 0 atom stereocenters. The molecule has 3 heterocycles. The molecule has 0 bridgehead atoms.